The SMILES string of the molecule is S=C(NC[C@H]1CCCO1)N/N=C1/C[C@H]2C=CC[C@H]12. The highest BCUT2D eigenvalue weighted by Gasteiger charge is 2.37. The molecule has 0 radical (unpaired) electrons. The molecule has 0 spiro atoms. The van der Waals surface area contributed by atoms with Gasteiger partial charge in [0.05, 0.1) is 6.10 Å². The van der Waals surface area contributed by atoms with E-state index in [2.05, 4.69) is 28.0 Å². The Morgan fingerprint density at radius 1 is 1.56 bits per heavy atom. The van der Waals surface area contributed by atoms with E-state index < -0.39 is 0 Å². The van der Waals surface area contributed by atoms with E-state index in [1.165, 1.54) is 5.71 Å². The number of nitrogens with one attached hydrogen (secondary N) is 2. The summed E-state index contributed by atoms with van der Waals surface area (Å²) in [5, 5.41) is 8.16. The molecule has 1 heterocycles. The molecular formula is C13H19N3OS. The number of fused-ring (bicyclic) bond motifs is 1. The van der Waals surface area contributed by atoms with Gasteiger partial charge in [-0.3, -0.25) is 5.43 Å². The number of allylic oxidation sites excluding steroid dienone is 2. The Hall–Kier alpha value is -0.940. The minimum absolute atomic E-state index is 0.310. The first-order valence-electron chi connectivity index (χ1n) is 6.71. The number of ether oxygens (including phenoxy) is 1. The second-order valence-corrected chi connectivity index (χ2v) is 5.61. The molecule has 3 atom stereocenters. The number of hydrazone groups is 1. The number of rotatable bonds is 3. The second kappa shape index (κ2) is 5.36. The van der Waals surface area contributed by atoms with Gasteiger partial charge >= 0.3 is 0 Å². The fourth-order valence-electron chi connectivity index (χ4n) is 2.84. The molecular weight excluding hydrogens is 246 g/mol. The van der Waals surface area contributed by atoms with Gasteiger partial charge in [-0.1, -0.05) is 12.2 Å². The van der Waals surface area contributed by atoms with Crippen LogP contribution in [-0.2, 0) is 4.74 Å². The van der Waals surface area contributed by atoms with Gasteiger partial charge in [-0.05, 0) is 43.8 Å². The Bertz CT molecular complexity index is 388. The average Bonchev–Trinajstić information content (AvgIpc) is 2.97. The summed E-state index contributed by atoms with van der Waals surface area (Å²) in [6, 6.07) is 0. The Morgan fingerprint density at radius 2 is 2.50 bits per heavy atom. The van der Waals surface area contributed by atoms with E-state index in [-0.39, 0.29) is 0 Å². The fraction of sp³-hybridized carbons (Fsp3) is 0.692. The van der Waals surface area contributed by atoms with Crippen LogP contribution < -0.4 is 10.7 Å². The largest absolute Gasteiger partial charge is 0.376 e. The number of nitrogens with zero attached hydrogens (tertiary/aromatic N) is 1. The van der Waals surface area contributed by atoms with Crippen LogP contribution in [0.4, 0.5) is 0 Å². The van der Waals surface area contributed by atoms with Crippen molar-refractivity contribution < 1.29 is 4.74 Å². The van der Waals surface area contributed by atoms with Crippen LogP contribution in [0.15, 0.2) is 17.3 Å². The van der Waals surface area contributed by atoms with Gasteiger partial charge in [0, 0.05) is 24.8 Å². The summed E-state index contributed by atoms with van der Waals surface area (Å²) >= 11 is 5.20. The molecule has 3 aliphatic rings. The molecule has 98 valence electrons. The zero-order valence-electron chi connectivity index (χ0n) is 10.4. The zero-order valence-corrected chi connectivity index (χ0v) is 11.2. The predicted octanol–water partition coefficient (Wildman–Crippen LogP) is 1.58. The van der Waals surface area contributed by atoms with Gasteiger partial charge < -0.3 is 10.1 Å². The molecule has 3 rings (SSSR count). The average molecular weight is 265 g/mol. The van der Waals surface area contributed by atoms with Gasteiger partial charge in [0.25, 0.3) is 0 Å². The van der Waals surface area contributed by atoms with Crippen LogP contribution in [0.3, 0.4) is 0 Å². The second-order valence-electron chi connectivity index (χ2n) is 5.20. The first-order valence-corrected chi connectivity index (χ1v) is 7.12. The Balaban J connectivity index is 1.38. The lowest BCUT2D eigenvalue weighted by Crippen LogP contribution is -2.40. The Kier molecular flexibility index (Phi) is 3.61. The highest BCUT2D eigenvalue weighted by molar-refractivity contribution is 7.80. The molecule has 2 aliphatic carbocycles. The quantitative estimate of drug-likeness (QED) is 0.462. The fourth-order valence-corrected chi connectivity index (χ4v) is 2.97. The van der Waals surface area contributed by atoms with Crippen molar-refractivity contribution in [3.8, 4) is 0 Å². The zero-order chi connectivity index (χ0) is 12.4. The van der Waals surface area contributed by atoms with Crippen molar-refractivity contribution in [2.45, 2.75) is 31.8 Å². The third kappa shape index (κ3) is 2.57. The lowest BCUT2D eigenvalue weighted by Gasteiger charge is -2.31. The topological polar surface area (TPSA) is 45.6 Å². The van der Waals surface area contributed by atoms with Crippen molar-refractivity contribution in [3.05, 3.63) is 12.2 Å². The van der Waals surface area contributed by atoms with Gasteiger partial charge in [-0.25, -0.2) is 0 Å². The highest BCUT2D eigenvalue weighted by atomic mass is 32.1. The van der Waals surface area contributed by atoms with E-state index in [1.54, 1.807) is 0 Å². The lowest BCUT2D eigenvalue weighted by molar-refractivity contribution is 0.114. The molecule has 4 nitrogen and oxygen atoms in total. The molecule has 0 aromatic heterocycles. The van der Waals surface area contributed by atoms with Gasteiger partial charge in [0.2, 0.25) is 0 Å². The van der Waals surface area contributed by atoms with Gasteiger partial charge in [0.1, 0.15) is 0 Å². The van der Waals surface area contributed by atoms with Crippen LogP contribution in [0.5, 0.6) is 0 Å². The minimum Gasteiger partial charge on any atom is -0.376 e. The van der Waals surface area contributed by atoms with Crippen LogP contribution in [0.25, 0.3) is 0 Å². The van der Waals surface area contributed by atoms with Crippen molar-refractivity contribution in [1.82, 2.24) is 10.7 Å². The molecule has 18 heavy (non-hydrogen) atoms. The molecule has 0 aromatic carbocycles. The van der Waals surface area contributed by atoms with E-state index in [4.69, 9.17) is 17.0 Å². The molecule has 5 heteroatoms. The van der Waals surface area contributed by atoms with Crippen molar-refractivity contribution in [1.29, 1.82) is 0 Å². The van der Waals surface area contributed by atoms with Crippen LogP contribution in [-0.4, -0.2) is 30.1 Å². The van der Waals surface area contributed by atoms with Gasteiger partial charge in [-0.2, -0.15) is 5.10 Å². The predicted molar refractivity (Wildman–Crippen MR) is 75.5 cm³/mol. The normalized spacial score (nSPS) is 35.3. The molecule has 0 unspecified atom stereocenters. The summed E-state index contributed by atoms with van der Waals surface area (Å²) in [6.07, 6.45) is 9.38. The number of thiocarbonyl (C=S) groups is 1. The smallest absolute Gasteiger partial charge is 0.187 e. The lowest BCUT2D eigenvalue weighted by atomic mass is 9.74. The summed E-state index contributed by atoms with van der Waals surface area (Å²) in [5.74, 6) is 1.37. The summed E-state index contributed by atoms with van der Waals surface area (Å²) in [5.41, 5.74) is 4.20. The molecule has 2 N–H and O–H groups in total. The standard InChI is InChI=1S/C13H19N3OS/c18-13(14-8-10-4-2-6-17-10)16-15-12-7-9-3-1-5-11(9)12/h1,3,9-11H,2,4-8H2,(H2,14,16,18)/b15-12-/t9-,10-,11+/m1/s1. The highest BCUT2D eigenvalue weighted by Crippen LogP contribution is 2.39. The summed E-state index contributed by atoms with van der Waals surface area (Å²) in [6.45, 7) is 1.66. The van der Waals surface area contributed by atoms with E-state index in [1.807, 2.05) is 0 Å². The van der Waals surface area contributed by atoms with E-state index in [9.17, 15) is 0 Å². The third-order valence-electron chi connectivity index (χ3n) is 3.98. The van der Waals surface area contributed by atoms with E-state index in [0.717, 1.165) is 44.8 Å². The van der Waals surface area contributed by atoms with Crippen molar-refractivity contribution in [3.63, 3.8) is 0 Å². The molecule has 1 saturated heterocycles. The number of hydrogen-bond donors (Lipinski definition) is 2. The molecule has 2 fully saturated rings. The maximum Gasteiger partial charge on any atom is 0.187 e. The molecule has 0 aromatic rings. The Labute approximate surface area is 113 Å². The monoisotopic (exact) mass is 265 g/mol. The minimum atomic E-state index is 0.310. The third-order valence-corrected chi connectivity index (χ3v) is 4.21. The van der Waals surface area contributed by atoms with E-state index in [0.29, 0.717) is 17.1 Å². The van der Waals surface area contributed by atoms with Crippen LogP contribution in [0.2, 0.25) is 0 Å². The van der Waals surface area contributed by atoms with Gasteiger partial charge in [0.15, 0.2) is 5.11 Å². The first kappa shape index (κ1) is 12.1. The Morgan fingerprint density at radius 3 is 3.28 bits per heavy atom. The molecule has 1 aliphatic heterocycles. The summed E-state index contributed by atoms with van der Waals surface area (Å²) in [4.78, 5) is 0. The number of hydrogen-bond acceptors (Lipinski definition) is 3. The van der Waals surface area contributed by atoms with Crippen LogP contribution in [0, 0.1) is 11.8 Å². The summed E-state index contributed by atoms with van der Waals surface area (Å²) in [7, 11) is 0. The molecule has 1 saturated carbocycles. The van der Waals surface area contributed by atoms with Crippen molar-refractivity contribution in [2.75, 3.05) is 13.2 Å². The first-order chi connectivity index (χ1) is 8.83. The maximum absolute atomic E-state index is 5.52. The van der Waals surface area contributed by atoms with Crippen molar-refractivity contribution >= 4 is 23.0 Å². The molecule has 0 bridgehead atoms. The van der Waals surface area contributed by atoms with Crippen LogP contribution in [0.1, 0.15) is 25.7 Å². The summed E-state index contributed by atoms with van der Waals surface area (Å²) < 4.78 is 5.52. The van der Waals surface area contributed by atoms with Crippen molar-refractivity contribution in [2.24, 2.45) is 16.9 Å². The van der Waals surface area contributed by atoms with Crippen LogP contribution >= 0.6 is 12.2 Å². The van der Waals surface area contributed by atoms with Gasteiger partial charge in [-0.15, -0.1) is 0 Å². The maximum atomic E-state index is 5.52. The molecule has 0 amide bonds. The van der Waals surface area contributed by atoms with E-state index >= 15 is 0 Å².